The lowest BCUT2D eigenvalue weighted by atomic mass is 9.82. The number of fused-ring (bicyclic) bond motifs is 3. The summed E-state index contributed by atoms with van der Waals surface area (Å²) >= 11 is 1.42. The molecular formula is C31H37FN12OS. The van der Waals surface area contributed by atoms with Gasteiger partial charge in [-0.2, -0.15) is 25.5 Å². The molecule has 0 aliphatic carbocycles. The second kappa shape index (κ2) is 11.5. The minimum absolute atomic E-state index is 0.174. The van der Waals surface area contributed by atoms with Crippen LogP contribution in [-0.4, -0.2) is 87.3 Å². The minimum atomic E-state index is -0.871. The zero-order chi connectivity index (χ0) is 32.2. The number of hydrogen-bond donors (Lipinski definition) is 2. The summed E-state index contributed by atoms with van der Waals surface area (Å²) < 4.78 is 20.9. The van der Waals surface area contributed by atoms with Crippen molar-refractivity contribution in [2.75, 3.05) is 67.1 Å². The van der Waals surface area contributed by atoms with Crippen molar-refractivity contribution >= 4 is 34.1 Å². The third-order valence-electron chi connectivity index (χ3n) is 10.2. The Hall–Kier alpha value is -4.31. The van der Waals surface area contributed by atoms with Gasteiger partial charge < -0.3 is 26.0 Å². The van der Waals surface area contributed by atoms with E-state index in [9.17, 15) is 14.9 Å². The number of anilines is 4. The molecule has 15 heteroatoms. The van der Waals surface area contributed by atoms with E-state index in [4.69, 9.17) is 31.2 Å². The maximum absolute atomic E-state index is 14.5. The van der Waals surface area contributed by atoms with Crippen molar-refractivity contribution < 1.29 is 9.13 Å². The number of halogens is 1. The molecule has 0 bridgehead atoms. The van der Waals surface area contributed by atoms with Gasteiger partial charge in [-0.05, 0) is 39.3 Å². The summed E-state index contributed by atoms with van der Waals surface area (Å²) in [7, 11) is 0. The number of hydrogen-bond acceptors (Lipinski definition) is 14. The summed E-state index contributed by atoms with van der Waals surface area (Å²) in [5, 5.41) is 20.1. The molecule has 0 radical (unpaired) electrons. The smallest absolute Gasteiger partial charge is 0.323 e. The predicted molar refractivity (Wildman–Crippen MR) is 172 cm³/mol. The van der Waals surface area contributed by atoms with Crippen LogP contribution in [0.3, 0.4) is 0 Å². The Kier molecular flexibility index (Phi) is 7.58. The SMILES string of the molecule is CCN(c1nc(OC[C@@]23CCCN2C[C@H](F)C3)nc(N2CC3(C2)c2c(sc(N)c2C#N)CN3CC#N)n1)[C@H](C)c1cccnc1N. The zero-order valence-corrected chi connectivity index (χ0v) is 26.8. The number of rotatable bonds is 9. The number of nitrogen functional groups attached to an aromatic ring is 2. The molecule has 7 rings (SSSR count). The molecule has 7 heterocycles. The Labute approximate surface area is 271 Å². The van der Waals surface area contributed by atoms with Crippen LogP contribution < -0.4 is 26.0 Å². The number of nitrogens with two attached hydrogens (primary N) is 2. The van der Waals surface area contributed by atoms with Crippen LogP contribution in [0.5, 0.6) is 6.01 Å². The molecule has 4 aliphatic rings. The second-order valence-corrected chi connectivity index (χ2v) is 13.8. The van der Waals surface area contributed by atoms with Gasteiger partial charge in [0.25, 0.3) is 0 Å². The number of thiophene rings is 1. The summed E-state index contributed by atoms with van der Waals surface area (Å²) in [6.07, 6.45) is 3.10. The normalized spacial score (nSPS) is 23.8. The Bertz CT molecular complexity index is 1730. The molecule has 3 saturated heterocycles. The first kappa shape index (κ1) is 30.3. The molecule has 0 unspecified atom stereocenters. The van der Waals surface area contributed by atoms with Gasteiger partial charge in [0, 0.05) is 61.3 Å². The highest BCUT2D eigenvalue weighted by Crippen LogP contribution is 2.52. The zero-order valence-electron chi connectivity index (χ0n) is 26.0. The molecule has 1 spiro atoms. The van der Waals surface area contributed by atoms with E-state index >= 15 is 0 Å². The van der Waals surface area contributed by atoms with E-state index in [1.807, 2.05) is 35.8 Å². The Morgan fingerprint density at radius 2 is 2.09 bits per heavy atom. The van der Waals surface area contributed by atoms with Crippen molar-refractivity contribution in [2.24, 2.45) is 0 Å². The van der Waals surface area contributed by atoms with Crippen LogP contribution >= 0.6 is 11.3 Å². The number of aromatic nitrogens is 4. The van der Waals surface area contributed by atoms with Gasteiger partial charge in [-0.3, -0.25) is 9.80 Å². The van der Waals surface area contributed by atoms with Crippen molar-refractivity contribution in [1.29, 1.82) is 10.5 Å². The summed E-state index contributed by atoms with van der Waals surface area (Å²) in [5.41, 5.74) is 13.8. The van der Waals surface area contributed by atoms with Crippen LogP contribution in [0.15, 0.2) is 18.3 Å². The Morgan fingerprint density at radius 1 is 1.26 bits per heavy atom. The molecule has 3 atom stereocenters. The van der Waals surface area contributed by atoms with E-state index in [0.717, 1.165) is 35.4 Å². The summed E-state index contributed by atoms with van der Waals surface area (Å²) in [4.78, 5) is 28.1. The van der Waals surface area contributed by atoms with Crippen LogP contribution in [0.25, 0.3) is 0 Å². The quantitative estimate of drug-likeness (QED) is 0.326. The van der Waals surface area contributed by atoms with E-state index in [2.05, 4.69) is 26.9 Å². The second-order valence-electron chi connectivity index (χ2n) is 12.7. The molecule has 240 valence electrons. The molecule has 3 fully saturated rings. The topological polar surface area (TPSA) is 173 Å². The van der Waals surface area contributed by atoms with Gasteiger partial charge in [0.15, 0.2) is 0 Å². The van der Waals surface area contributed by atoms with E-state index < -0.39 is 11.7 Å². The molecule has 3 aromatic heterocycles. The first-order chi connectivity index (χ1) is 22.2. The lowest BCUT2D eigenvalue weighted by molar-refractivity contribution is 0.0831. The van der Waals surface area contributed by atoms with Gasteiger partial charge in [-0.1, -0.05) is 6.07 Å². The molecule has 4 N–H and O–H groups in total. The van der Waals surface area contributed by atoms with Crippen LogP contribution in [-0.2, 0) is 12.1 Å². The van der Waals surface area contributed by atoms with Crippen molar-refractivity contribution in [3.63, 3.8) is 0 Å². The van der Waals surface area contributed by atoms with Crippen molar-refractivity contribution in [3.8, 4) is 18.1 Å². The van der Waals surface area contributed by atoms with Gasteiger partial charge in [0.1, 0.15) is 29.7 Å². The van der Waals surface area contributed by atoms with Gasteiger partial charge in [-0.15, -0.1) is 11.3 Å². The maximum Gasteiger partial charge on any atom is 0.323 e. The van der Waals surface area contributed by atoms with Crippen molar-refractivity contribution in [1.82, 2.24) is 29.7 Å². The maximum atomic E-state index is 14.5. The highest BCUT2D eigenvalue weighted by atomic mass is 32.1. The third kappa shape index (κ3) is 4.76. The first-order valence-electron chi connectivity index (χ1n) is 15.7. The number of pyridine rings is 1. The largest absolute Gasteiger partial charge is 0.461 e. The molecule has 13 nitrogen and oxygen atoms in total. The van der Waals surface area contributed by atoms with Gasteiger partial charge in [0.2, 0.25) is 11.9 Å². The van der Waals surface area contributed by atoms with Crippen molar-refractivity contribution in [3.05, 3.63) is 39.9 Å². The average Bonchev–Trinajstić information content (AvgIpc) is 3.72. The molecule has 0 saturated carbocycles. The fourth-order valence-corrected chi connectivity index (χ4v) is 9.06. The molecule has 46 heavy (non-hydrogen) atoms. The van der Waals surface area contributed by atoms with Crippen LogP contribution in [0.4, 0.5) is 27.1 Å². The lowest BCUT2D eigenvalue weighted by Crippen LogP contribution is -2.66. The van der Waals surface area contributed by atoms with Crippen molar-refractivity contribution in [2.45, 2.75) is 62.9 Å². The number of ether oxygens (including phenoxy) is 1. The van der Waals surface area contributed by atoms with Gasteiger partial charge in [-0.25, -0.2) is 9.37 Å². The van der Waals surface area contributed by atoms with Crippen LogP contribution in [0, 0.1) is 22.7 Å². The van der Waals surface area contributed by atoms with Crippen LogP contribution in [0.2, 0.25) is 0 Å². The molecule has 3 aromatic rings. The fraction of sp³-hybridized carbons (Fsp3) is 0.548. The number of alkyl halides is 1. The lowest BCUT2D eigenvalue weighted by Gasteiger charge is -2.52. The third-order valence-corrected chi connectivity index (χ3v) is 11.2. The molecule has 4 aliphatic heterocycles. The summed E-state index contributed by atoms with van der Waals surface area (Å²) in [6, 6.07) is 8.35. The monoisotopic (exact) mass is 644 g/mol. The first-order valence-corrected chi connectivity index (χ1v) is 16.5. The van der Waals surface area contributed by atoms with Gasteiger partial charge >= 0.3 is 6.01 Å². The summed E-state index contributed by atoms with van der Waals surface area (Å²) in [6.45, 7) is 7.91. The Morgan fingerprint density at radius 3 is 2.83 bits per heavy atom. The fourth-order valence-electron chi connectivity index (χ4n) is 7.93. The average molecular weight is 645 g/mol. The molecule has 0 amide bonds. The highest BCUT2D eigenvalue weighted by molar-refractivity contribution is 7.16. The standard InChI is InChI=1S/C31H37FN12OS/c1-3-44(19(2)21-6-4-9-37-25(21)35)28-38-27(39-29(40-28)45-18-30-7-5-10-42(30)14-20(32)12-30)41-16-31(17-41)24-22(13-34)26(36)46-23(24)15-43(31)11-8-33/h4,6,9,19-20H,3,5,7,10-12,14-18,36H2,1-2H3,(H2,35,37)/t19-,20-,30+/m1/s1. The van der Waals surface area contributed by atoms with E-state index in [0.29, 0.717) is 67.4 Å². The van der Waals surface area contributed by atoms with E-state index in [1.54, 1.807) is 6.20 Å². The number of nitriles is 2. The molecule has 0 aromatic carbocycles. The number of nitrogens with zero attached hydrogens (tertiary/aromatic N) is 10. The predicted octanol–water partition coefficient (Wildman–Crippen LogP) is 2.96. The Balaban J connectivity index is 1.23. The van der Waals surface area contributed by atoms with E-state index in [-0.39, 0.29) is 30.7 Å². The summed E-state index contributed by atoms with van der Waals surface area (Å²) in [5.74, 6) is 1.29. The van der Waals surface area contributed by atoms with Crippen LogP contribution in [0.1, 0.15) is 60.7 Å². The van der Waals surface area contributed by atoms with E-state index in [1.165, 1.54) is 11.3 Å². The minimum Gasteiger partial charge on any atom is -0.461 e. The van der Waals surface area contributed by atoms with Gasteiger partial charge in [0.05, 0.1) is 35.3 Å². The highest BCUT2D eigenvalue weighted by Gasteiger charge is 2.57. The molecular weight excluding hydrogens is 607 g/mol.